The molecule has 0 saturated carbocycles. The summed E-state index contributed by atoms with van der Waals surface area (Å²) >= 11 is 1.19. The van der Waals surface area contributed by atoms with Gasteiger partial charge in [0.1, 0.15) is 5.76 Å². The summed E-state index contributed by atoms with van der Waals surface area (Å²) in [5, 5.41) is 7.41. The van der Waals surface area contributed by atoms with Gasteiger partial charge in [-0.1, -0.05) is 11.8 Å². The number of hydrogen-bond donors (Lipinski definition) is 3. The topological polar surface area (TPSA) is 114 Å². The molecule has 7 heteroatoms. The molecule has 0 aliphatic heterocycles. The summed E-state index contributed by atoms with van der Waals surface area (Å²) in [6.07, 6.45) is 1.37. The molecule has 0 atom stereocenters. The lowest BCUT2D eigenvalue weighted by Crippen LogP contribution is -2.23. The Bertz CT molecular complexity index is 355. The van der Waals surface area contributed by atoms with Gasteiger partial charge in [-0.25, -0.2) is 4.98 Å². The van der Waals surface area contributed by atoms with Gasteiger partial charge in [-0.05, 0) is 6.92 Å². The smallest absolute Gasteiger partial charge is 0.193 e. The van der Waals surface area contributed by atoms with E-state index < -0.39 is 0 Å². The number of nitrogens with one attached hydrogen (secondary N) is 1. The van der Waals surface area contributed by atoms with Crippen molar-refractivity contribution in [3.63, 3.8) is 0 Å². The maximum absolute atomic E-state index is 7.35. The molecule has 0 amide bonds. The Morgan fingerprint density at radius 3 is 2.93 bits per heavy atom. The average molecular weight is 213 g/mol. The fraction of sp³-hybridized carbons (Fsp3) is 0.286. The Morgan fingerprint density at radius 1 is 1.71 bits per heavy atom. The van der Waals surface area contributed by atoms with E-state index in [0.29, 0.717) is 5.75 Å². The van der Waals surface area contributed by atoms with E-state index in [0.717, 1.165) is 11.5 Å². The molecule has 0 spiro atoms. The molecule has 0 bridgehead atoms. The normalized spacial score (nSPS) is 9.79. The maximum atomic E-state index is 7.35. The molecule has 1 aromatic rings. The summed E-state index contributed by atoms with van der Waals surface area (Å²) < 4.78 is 5.00. The number of aromatic nitrogens is 1. The first kappa shape index (κ1) is 10.6. The summed E-state index contributed by atoms with van der Waals surface area (Å²) in [7, 11) is 0. The highest BCUT2D eigenvalue weighted by atomic mass is 32.2. The second kappa shape index (κ2) is 4.66. The van der Waals surface area contributed by atoms with Crippen molar-refractivity contribution >= 4 is 22.9 Å². The first-order valence-corrected chi connectivity index (χ1v) is 4.78. The largest absolute Gasteiger partial charge is 0.448 e. The summed E-state index contributed by atoms with van der Waals surface area (Å²) in [5.41, 5.74) is 11.0. The Morgan fingerprint density at radius 2 is 2.43 bits per heavy atom. The summed E-state index contributed by atoms with van der Waals surface area (Å²) in [4.78, 5) is 7.54. The van der Waals surface area contributed by atoms with Crippen molar-refractivity contribution in [1.29, 1.82) is 5.41 Å². The molecule has 5 N–H and O–H groups in total. The predicted molar refractivity (Wildman–Crippen MR) is 56.1 cm³/mol. The molecule has 1 heterocycles. The number of aryl methyl sites for hydroxylation is 1. The van der Waals surface area contributed by atoms with E-state index in [-0.39, 0.29) is 11.1 Å². The Labute approximate surface area is 85.3 Å². The third kappa shape index (κ3) is 3.09. The second-order valence-corrected chi connectivity index (χ2v) is 3.45. The second-order valence-electron chi connectivity index (χ2n) is 2.49. The van der Waals surface area contributed by atoms with Crippen molar-refractivity contribution in [3.05, 3.63) is 17.8 Å². The monoisotopic (exact) mass is 213 g/mol. The van der Waals surface area contributed by atoms with Crippen LogP contribution in [0.2, 0.25) is 0 Å². The van der Waals surface area contributed by atoms with Gasteiger partial charge in [-0.3, -0.25) is 5.41 Å². The predicted octanol–water partition coefficient (Wildman–Crippen LogP) is 0.424. The molecule has 0 unspecified atom stereocenters. The average Bonchev–Trinajstić information content (AvgIpc) is 2.46. The van der Waals surface area contributed by atoms with E-state index in [9.17, 15) is 0 Å². The van der Waals surface area contributed by atoms with Crippen LogP contribution in [0.15, 0.2) is 15.8 Å². The number of hydrogen-bond acceptors (Lipinski definition) is 4. The van der Waals surface area contributed by atoms with Crippen LogP contribution in [0.3, 0.4) is 0 Å². The molecule has 0 fully saturated rings. The standard InChI is InChI=1S/C7H11N5OS/c1-4-5(11-3-13-4)2-14-7(10)12-6(8)9/h3H,2H2,1H3,(H5,8,9,10,12). The van der Waals surface area contributed by atoms with E-state index in [1.807, 2.05) is 6.92 Å². The van der Waals surface area contributed by atoms with E-state index in [1.165, 1.54) is 18.2 Å². The molecule has 1 rings (SSSR count). The molecule has 0 saturated heterocycles. The number of guanidine groups is 1. The fourth-order valence-corrected chi connectivity index (χ4v) is 1.47. The summed E-state index contributed by atoms with van der Waals surface area (Å²) in [6.45, 7) is 1.81. The van der Waals surface area contributed by atoms with Crippen LogP contribution in [0.25, 0.3) is 0 Å². The van der Waals surface area contributed by atoms with Gasteiger partial charge in [0.05, 0.1) is 5.69 Å². The van der Waals surface area contributed by atoms with Gasteiger partial charge in [-0.2, -0.15) is 4.99 Å². The fourth-order valence-electron chi connectivity index (χ4n) is 0.753. The first-order chi connectivity index (χ1) is 6.59. The molecular weight excluding hydrogens is 202 g/mol. The Kier molecular flexibility index (Phi) is 3.52. The first-order valence-electron chi connectivity index (χ1n) is 3.79. The van der Waals surface area contributed by atoms with Crippen molar-refractivity contribution in [2.75, 3.05) is 0 Å². The van der Waals surface area contributed by atoms with Gasteiger partial charge in [0.15, 0.2) is 17.5 Å². The maximum Gasteiger partial charge on any atom is 0.193 e. The highest BCUT2D eigenvalue weighted by Gasteiger charge is 2.04. The zero-order valence-electron chi connectivity index (χ0n) is 7.65. The van der Waals surface area contributed by atoms with Crippen LogP contribution >= 0.6 is 11.8 Å². The van der Waals surface area contributed by atoms with Crippen molar-refractivity contribution in [1.82, 2.24) is 4.98 Å². The van der Waals surface area contributed by atoms with Crippen LogP contribution in [-0.2, 0) is 5.75 Å². The van der Waals surface area contributed by atoms with Crippen molar-refractivity contribution in [2.24, 2.45) is 16.5 Å². The van der Waals surface area contributed by atoms with Gasteiger partial charge in [-0.15, -0.1) is 0 Å². The summed E-state index contributed by atoms with van der Waals surface area (Å²) in [6, 6.07) is 0. The van der Waals surface area contributed by atoms with Crippen molar-refractivity contribution in [2.45, 2.75) is 12.7 Å². The molecule has 1 aromatic heterocycles. The van der Waals surface area contributed by atoms with E-state index >= 15 is 0 Å². The van der Waals surface area contributed by atoms with Crippen LogP contribution in [0.1, 0.15) is 11.5 Å². The van der Waals surface area contributed by atoms with Crippen LogP contribution in [-0.4, -0.2) is 16.1 Å². The number of aliphatic imine (C=N–C) groups is 1. The van der Waals surface area contributed by atoms with Gasteiger partial charge < -0.3 is 15.9 Å². The van der Waals surface area contributed by atoms with Gasteiger partial charge in [0.2, 0.25) is 0 Å². The Balaban J connectivity index is 2.46. The van der Waals surface area contributed by atoms with Crippen LogP contribution in [0.4, 0.5) is 0 Å². The van der Waals surface area contributed by atoms with E-state index in [1.54, 1.807) is 0 Å². The van der Waals surface area contributed by atoms with Crippen LogP contribution in [0, 0.1) is 12.3 Å². The van der Waals surface area contributed by atoms with Crippen LogP contribution < -0.4 is 11.5 Å². The van der Waals surface area contributed by atoms with E-state index in [2.05, 4.69) is 9.98 Å². The lowest BCUT2D eigenvalue weighted by atomic mass is 10.4. The minimum Gasteiger partial charge on any atom is -0.448 e. The molecule has 14 heavy (non-hydrogen) atoms. The zero-order chi connectivity index (χ0) is 10.6. The number of nitrogens with two attached hydrogens (primary N) is 2. The lowest BCUT2D eigenvalue weighted by molar-refractivity contribution is 0.525. The van der Waals surface area contributed by atoms with E-state index in [4.69, 9.17) is 21.3 Å². The zero-order valence-corrected chi connectivity index (χ0v) is 8.47. The SMILES string of the molecule is Cc1ocnc1CSC(=N)N=C(N)N. The molecule has 0 radical (unpaired) electrons. The molecule has 0 aromatic carbocycles. The van der Waals surface area contributed by atoms with Crippen LogP contribution in [0.5, 0.6) is 0 Å². The number of amidine groups is 1. The molecule has 6 nitrogen and oxygen atoms in total. The van der Waals surface area contributed by atoms with Crippen molar-refractivity contribution in [3.8, 4) is 0 Å². The highest BCUT2D eigenvalue weighted by Crippen LogP contribution is 2.15. The highest BCUT2D eigenvalue weighted by molar-refractivity contribution is 8.13. The number of rotatable bonds is 2. The van der Waals surface area contributed by atoms with Gasteiger partial charge in [0, 0.05) is 5.75 Å². The van der Waals surface area contributed by atoms with Crippen molar-refractivity contribution < 1.29 is 4.42 Å². The minimum absolute atomic E-state index is 0.0624. The Hall–Kier alpha value is -1.50. The third-order valence-electron chi connectivity index (χ3n) is 1.42. The van der Waals surface area contributed by atoms with Gasteiger partial charge >= 0.3 is 0 Å². The minimum atomic E-state index is -0.112. The summed E-state index contributed by atoms with van der Waals surface area (Å²) in [5.74, 6) is 1.16. The molecular formula is C7H11N5OS. The molecule has 0 aliphatic rings. The molecule has 76 valence electrons. The molecule has 0 aliphatic carbocycles. The number of nitrogens with zero attached hydrogens (tertiary/aromatic N) is 2. The quantitative estimate of drug-likeness (QED) is 0.486. The number of thioether (sulfide) groups is 1. The number of oxazole rings is 1. The third-order valence-corrected chi connectivity index (χ3v) is 2.20. The lowest BCUT2D eigenvalue weighted by Gasteiger charge is -1.96. The van der Waals surface area contributed by atoms with Gasteiger partial charge in [0.25, 0.3) is 0 Å².